The molecule has 0 saturated heterocycles. The van der Waals surface area contributed by atoms with Crippen LogP contribution in [0.15, 0.2) is 176 Å². The highest BCUT2D eigenvalue weighted by molar-refractivity contribution is 7.26. The molecule has 1 nitrogen and oxygen atoms in total. The van der Waals surface area contributed by atoms with Gasteiger partial charge in [-0.3, -0.25) is 0 Å². The van der Waals surface area contributed by atoms with Crippen LogP contribution in [0.3, 0.4) is 0 Å². The predicted molar refractivity (Wildman–Crippen MR) is 211 cm³/mol. The molecular formula is C47H33NS. The van der Waals surface area contributed by atoms with Crippen LogP contribution < -0.4 is 0 Å². The van der Waals surface area contributed by atoms with Gasteiger partial charge in [0.15, 0.2) is 0 Å². The highest BCUT2D eigenvalue weighted by Gasteiger charge is 2.13. The number of thiophene rings is 1. The minimum absolute atomic E-state index is 1.00. The first kappa shape index (κ1) is 29.3. The zero-order chi connectivity index (χ0) is 32.6. The highest BCUT2D eigenvalue weighted by atomic mass is 32.1. The molecule has 8 aromatic rings. The molecule has 0 bridgehead atoms. The second-order valence-electron chi connectivity index (χ2n) is 12.7. The Morgan fingerprint density at radius 3 is 1.82 bits per heavy atom. The fourth-order valence-corrected chi connectivity index (χ4v) is 8.25. The van der Waals surface area contributed by atoms with Crippen LogP contribution in [0.25, 0.3) is 81.5 Å². The average molecular weight is 644 g/mol. The van der Waals surface area contributed by atoms with Gasteiger partial charge in [-0.25, -0.2) is 4.98 Å². The molecule has 9 rings (SSSR count). The molecule has 2 aromatic heterocycles. The van der Waals surface area contributed by atoms with E-state index >= 15 is 0 Å². The standard InChI is InChI=1S/C47H33NS/c1-3-12-34(13-4-1)44-30-40(31-45(48-44)35-14-5-2-6-15-35)38-18-9-16-36(28-38)32-24-26-33(27-25-32)37-17-10-19-39(29-37)41-21-11-22-43-42-20-7-8-23-46(42)49-47(41)43/h1-5,7-14,16-31H,6,15H2. The largest absolute Gasteiger partial charge is 0.248 e. The Kier molecular flexibility index (Phi) is 7.57. The first-order chi connectivity index (χ1) is 24.3. The Morgan fingerprint density at radius 2 is 1.06 bits per heavy atom. The van der Waals surface area contributed by atoms with E-state index < -0.39 is 0 Å². The van der Waals surface area contributed by atoms with Crippen molar-refractivity contribution in [3.05, 3.63) is 182 Å². The third-order valence-corrected chi connectivity index (χ3v) is 10.8. The van der Waals surface area contributed by atoms with Crippen LogP contribution >= 0.6 is 11.3 Å². The van der Waals surface area contributed by atoms with Gasteiger partial charge in [-0.1, -0.05) is 146 Å². The van der Waals surface area contributed by atoms with Crippen LogP contribution in [-0.2, 0) is 0 Å². The van der Waals surface area contributed by atoms with Gasteiger partial charge in [0.25, 0.3) is 0 Å². The summed E-state index contributed by atoms with van der Waals surface area (Å²) in [5.41, 5.74) is 14.2. The predicted octanol–water partition coefficient (Wildman–Crippen LogP) is 13.5. The van der Waals surface area contributed by atoms with Gasteiger partial charge in [-0.15, -0.1) is 11.3 Å². The fourth-order valence-electron chi connectivity index (χ4n) is 7.01. The summed E-state index contributed by atoms with van der Waals surface area (Å²) in [5, 5.41) is 2.66. The summed E-state index contributed by atoms with van der Waals surface area (Å²) >= 11 is 1.88. The van der Waals surface area contributed by atoms with Crippen molar-refractivity contribution in [1.29, 1.82) is 0 Å². The van der Waals surface area contributed by atoms with E-state index in [1.165, 1.54) is 70.3 Å². The van der Waals surface area contributed by atoms with Crippen LogP contribution in [0, 0.1) is 0 Å². The molecule has 0 spiro atoms. The fraction of sp³-hybridized carbons (Fsp3) is 0.0426. The molecule has 0 N–H and O–H groups in total. The van der Waals surface area contributed by atoms with E-state index in [0.29, 0.717) is 0 Å². The smallest absolute Gasteiger partial charge is 0.0715 e. The number of fused-ring (bicyclic) bond motifs is 3. The summed E-state index contributed by atoms with van der Waals surface area (Å²) in [6.07, 6.45) is 8.65. The van der Waals surface area contributed by atoms with Gasteiger partial charge in [0.1, 0.15) is 0 Å². The van der Waals surface area contributed by atoms with Crippen LogP contribution in [-0.4, -0.2) is 4.98 Å². The van der Waals surface area contributed by atoms with Gasteiger partial charge in [0.05, 0.1) is 11.4 Å². The second kappa shape index (κ2) is 12.6. The van der Waals surface area contributed by atoms with E-state index in [2.05, 4.69) is 176 Å². The number of nitrogens with zero attached hydrogens (tertiary/aromatic N) is 1. The zero-order valence-electron chi connectivity index (χ0n) is 27.0. The number of hydrogen-bond acceptors (Lipinski definition) is 2. The van der Waals surface area contributed by atoms with Crippen molar-refractivity contribution in [2.45, 2.75) is 12.8 Å². The Bertz CT molecular complexity index is 2530. The van der Waals surface area contributed by atoms with Crippen molar-refractivity contribution >= 4 is 37.1 Å². The van der Waals surface area contributed by atoms with Crippen molar-refractivity contribution in [3.63, 3.8) is 0 Å². The van der Waals surface area contributed by atoms with Gasteiger partial charge < -0.3 is 0 Å². The Hall–Kier alpha value is -5.83. The van der Waals surface area contributed by atoms with Crippen molar-refractivity contribution in [2.75, 3.05) is 0 Å². The highest BCUT2D eigenvalue weighted by Crippen LogP contribution is 2.41. The number of allylic oxidation sites excluding steroid dienone is 4. The molecule has 0 amide bonds. The van der Waals surface area contributed by atoms with Gasteiger partial charge in [0.2, 0.25) is 0 Å². The molecule has 49 heavy (non-hydrogen) atoms. The Balaban J connectivity index is 1.04. The first-order valence-corrected chi connectivity index (χ1v) is 17.7. The topological polar surface area (TPSA) is 12.9 Å². The molecule has 0 aliphatic heterocycles. The summed E-state index contributed by atoms with van der Waals surface area (Å²) in [4.78, 5) is 5.12. The molecule has 0 saturated carbocycles. The molecule has 232 valence electrons. The minimum atomic E-state index is 1.00. The number of pyridine rings is 1. The molecular weight excluding hydrogens is 611 g/mol. The molecule has 0 unspecified atom stereocenters. The van der Waals surface area contributed by atoms with E-state index in [1.54, 1.807) is 0 Å². The lowest BCUT2D eigenvalue weighted by atomic mass is 9.94. The van der Waals surface area contributed by atoms with Gasteiger partial charge in [-0.2, -0.15) is 0 Å². The summed E-state index contributed by atoms with van der Waals surface area (Å²) in [6, 6.07) is 57.3. The average Bonchev–Trinajstić information content (AvgIpc) is 3.58. The van der Waals surface area contributed by atoms with Crippen molar-refractivity contribution in [2.24, 2.45) is 0 Å². The lowest BCUT2D eigenvalue weighted by molar-refractivity contribution is 1.04. The molecule has 2 heterocycles. The first-order valence-electron chi connectivity index (χ1n) is 16.9. The van der Waals surface area contributed by atoms with E-state index in [0.717, 1.165) is 29.8 Å². The maximum absolute atomic E-state index is 5.12. The summed E-state index contributed by atoms with van der Waals surface area (Å²) in [6.45, 7) is 0. The van der Waals surface area contributed by atoms with Gasteiger partial charge >= 0.3 is 0 Å². The molecule has 0 radical (unpaired) electrons. The number of hydrogen-bond donors (Lipinski definition) is 0. The van der Waals surface area contributed by atoms with Crippen molar-refractivity contribution in [3.8, 4) is 55.8 Å². The SMILES string of the molecule is C1=CCCC(c2cc(-c3cccc(-c4ccc(-c5cccc(-c6cccc7c6sc6ccccc67)c5)cc4)c3)cc(-c3ccccc3)n2)=C1. The monoisotopic (exact) mass is 643 g/mol. The van der Waals surface area contributed by atoms with Crippen LogP contribution in [0.4, 0.5) is 0 Å². The van der Waals surface area contributed by atoms with E-state index in [-0.39, 0.29) is 0 Å². The Morgan fingerprint density at radius 1 is 0.449 bits per heavy atom. The molecule has 0 fully saturated rings. The van der Waals surface area contributed by atoms with E-state index in [9.17, 15) is 0 Å². The third kappa shape index (κ3) is 5.71. The molecule has 1 aliphatic carbocycles. The third-order valence-electron chi connectivity index (χ3n) is 9.56. The minimum Gasteiger partial charge on any atom is -0.248 e. The van der Waals surface area contributed by atoms with E-state index in [1.807, 2.05) is 11.3 Å². The van der Waals surface area contributed by atoms with Gasteiger partial charge in [0, 0.05) is 25.7 Å². The van der Waals surface area contributed by atoms with Gasteiger partial charge in [-0.05, 0) is 93.3 Å². The molecule has 2 heteroatoms. The summed E-state index contributed by atoms with van der Waals surface area (Å²) in [7, 11) is 0. The quantitative estimate of drug-likeness (QED) is 0.176. The van der Waals surface area contributed by atoms with Crippen molar-refractivity contribution in [1.82, 2.24) is 4.98 Å². The number of rotatable bonds is 6. The van der Waals surface area contributed by atoms with Crippen LogP contribution in [0.5, 0.6) is 0 Å². The lowest BCUT2D eigenvalue weighted by Gasteiger charge is -2.14. The summed E-state index contributed by atoms with van der Waals surface area (Å²) in [5.74, 6) is 0. The molecule has 1 aliphatic rings. The summed E-state index contributed by atoms with van der Waals surface area (Å²) < 4.78 is 2.68. The number of aromatic nitrogens is 1. The van der Waals surface area contributed by atoms with Crippen molar-refractivity contribution < 1.29 is 0 Å². The normalized spacial score (nSPS) is 12.8. The van der Waals surface area contributed by atoms with E-state index in [4.69, 9.17) is 4.98 Å². The molecule has 6 aromatic carbocycles. The Labute approximate surface area is 291 Å². The number of benzene rings is 6. The molecule has 0 atom stereocenters. The maximum Gasteiger partial charge on any atom is 0.0715 e. The van der Waals surface area contributed by atoms with Crippen LogP contribution in [0.2, 0.25) is 0 Å². The maximum atomic E-state index is 5.12. The van der Waals surface area contributed by atoms with Crippen LogP contribution in [0.1, 0.15) is 18.5 Å². The zero-order valence-corrected chi connectivity index (χ0v) is 27.8. The lowest BCUT2D eigenvalue weighted by Crippen LogP contribution is -1.96. The second-order valence-corrected chi connectivity index (χ2v) is 13.7.